The molecule has 1 N–H and O–H groups in total. The Morgan fingerprint density at radius 3 is 2.50 bits per heavy atom. The van der Waals surface area contributed by atoms with Gasteiger partial charge in [0.05, 0.1) is 11.3 Å². The maximum atomic E-state index is 12.8. The van der Waals surface area contributed by atoms with Crippen LogP contribution in [0.4, 0.5) is 5.69 Å². The number of thiocarbonyl (C=S) groups is 1. The number of thioether (sulfide) groups is 1. The minimum atomic E-state index is -0.210. The van der Waals surface area contributed by atoms with Gasteiger partial charge in [-0.25, -0.2) is 0 Å². The van der Waals surface area contributed by atoms with Crippen molar-refractivity contribution in [1.82, 2.24) is 15.1 Å². The normalized spacial score (nSPS) is 14.3. The highest BCUT2D eigenvalue weighted by Crippen LogP contribution is 2.32. The fourth-order valence-corrected chi connectivity index (χ4v) is 5.18. The molecular formula is C28H21ClN4O3S2. The number of benzene rings is 3. The molecule has 1 saturated heterocycles. The highest BCUT2D eigenvalue weighted by atomic mass is 35.5. The average molecular weight is 561 g/mol. The number of nitrogens with one attached hydrogen (secondary N) is 1. The van der Waals surface area contributed by atoms with E-state index in [1.165, 1.54) is 16.7 Å². The number of hydrogen-bond donors (Lipinski definition) is 1. The maximum Gasteiger partial charge on any atom is 0.266 e. The second-order valence-electron chi connectivity index (χ2n) is 8.42. The Balaban J connectivity index is 1.12. The number of carbonyl (C=O) groups is 2. The van der Waals surface area contributed by atoms with Gasteiger partial charge in [-0.1, -0.05) is 78.0 Å². The molecule has 4 aromatic rings. The van der Waals surface area contributed by atoms with Crippen molar-refractivity contribution in [3.63, 3.8) is 0 Å². The molecule has 190 valence electrons. The van der Waals surface area contributed by atoms with Gasteiger partial charge in [-0.2, -0.15) is 0 Å². The highest BCUT2D eigenvalue weighted by Gasteiger charge is 2.32. The van der Waals surface area contributed by atoms with Crippen molar-refractivity contribution in [3.05, 3.63) is 106 Å². The van der Waals surface area contributed by atoms with Gasteiger partial charge >= 0.3 is 0 Å². The van der Waals surface area contributed by atoms with Crippen LogP contribution in [0.25, 0.3) is 17.5 Å². The van der Waals surface area contributed by atoms with Crippen molar-refractivity contribution in [2.45, 2.75) is 12.8 Å². The molecule has 0 bridgehead atoms. The molecule has 2 heterocycles. The van der Waals surface area contributed by atoms with E-state index in [0.717, 1.165) is 16.7 Å². The summed E-state index contributed by atoms with van der Waals surface area (Å²) in [5.41, 5.74) is 3.35. The van der Waals surface area contributed by atoms with Gasteiger partial charge in [-0.3, -0.25) is 14.5 Å². The van der Waals surface area contributed by atoms with E-state index in [9.17, 15) is 9.59 Å². The summed E-state index contributed by atoms with van der Waals surface area (Å²) in [6.45, 7) is 0.202. The van der Waals surface area contributed by atoms with Crippen LogP contribution in [0.1, 0.15) is 23.4 Å². The molecule has 0 saturated carbocycles. The Bertz CT molecular complexity index is 1500. The molecule has 0 spiro atoms. The summed E-state index contributed by atoms with van der Waals surface area (Å²) >= 11 is 12.5. The molecule has 10 heteroatoms. The van der Waals surface area contributed by atoms with Crippen molar-refractivity contribution < 1.29 is 14.0 Å². The zero-order valence-electron chi connectivity index (χ0n) is 20.0. The number of nitrogens with zero attached hydrogens (tertiary/aromatic N) is 3. The first-order valence-electron chi connectivity index (χ1n) is 11.7. The molecule has 0 unspecified atom stereocenters. The summed E-state index contributed by atoms with van der Waals surface area (Å²) in [5, 5.41) is 11.7. The van der Waals surface area contributed by atoms with Crippen LogP contribution in [0.2, 0.25) is 5.02 Å². The van der Waals surface area contributed by atoms with Gasteiger partial charge in [-0.15, -0.1) is 10.2 Å². The highest BCUT2D eigenvalue weighted by molar-refractivity contribution is 8.26. The summed E-state index contributed by atoms with van der Waals surface area (Å²) in [7, 11) is 0. The molecular weight excluding hydrogens is 540 g/mol. The topological polar surface area (TPSA) is 88.3 Å². The average Bonchev–Trinajstić information content (AvgIpc) is 3.49. The Morgan fingerprint density at radius 1 is 1.03 bits per heavy atom. The molecule has 1 aliphatic heterocycles. The molecule has 2 amide bonds. The molecule has 0 aliphatic carbocycles. The molecule has 1 fully saturated rings. The quantitative estimate of drug-likeness (QED) is 0.202. The monoisotopic (exact) mass is 560 g/mol. The van der Waals surface area contributed by atoms with Crippen LogP contribution >= 0.6 is 35.6 Å². The van der Waals surface area contributed by atoms with E-state index >= 15 is 0 Å². The van der Waals surface area contributed by atoms with Crippen LogP contribution in [0.3, 0.4) is 0 Å². The molecule has 7 nitrogen and oxygen atoms in total. The molecule has 0 radical (unpaired) electrons. The lowest BCUT2D eigenvalue weighted by Gasteiger charge is -2.14. The zero-order valence-corrected chi connectivity index (χ0v) is 22.4. The van der Waals surface area contributed by atoms with Crippen LogP contribution in [-0.4, -0.2) is 37.8 Å². The summed E-state index contributed by atoms with van der Waals surface area (Å²) < 4.78 is 6.20. The standard InChI is InChI=1S/C28H21ClN4O3S2/c29-21-10-6-18(7-11-21)16-23-27(35)33(28(37)38-23)15-14-24(34)30-22-12-8-19(9-13-22)17-25-31-32-26(36-25)20-4-2-1-3-5-20/h1-13,16H,14-15,17H2,(H,30,34)/b23-16-. The van der Waals surface area contributed by atoms with Crippen LogP contribution in [0.5, 0.6) is 0 Å². The van der Waals surface area contributed by atoms with Crippen molar-refractivity contribution in [2.24, 2.45) is 0 Å². The van der Waals surface area contributed by atoms with Gasteiger partial charge in [0.2, 0.25) is 17.7 Å². The summed E-state index contributed by atoms with van der Waals surface area (Å²) in [6, 6.07) is 24.2. The van der Waals surface area contributed by atoms with E-state index in [1.807, 2.05) is 66.7 Å². The molecule has 1 aliphatic rings. The first-order valence-corrected chi connectivity index (χ1v) is 13.3. The van der Waals surface area contributed by atoms with E-state index in [-0.39, 0.29) is 24.8 Å². The van der Waals surface area contributed by atoms with E-state index in [4.69, 9.17) is 28.2 Å². The first kappa shape index (κ1) is 25.8. The van der Waals surface area contributed by atoms with E-state index in [0.29, 0.717) is 38.1 Å². The maximum absolute atomic E-state index is 12.8. The minimum absolute atomic E-state index is 0.118. The largest absolute Gasteiger partial charge is 0.420 e. The van der Waals surface area contributed by atoms with Crippen LogP contribution in [0, 0.1) is 0 Å². The van der Waals surface area contributed by atoms with Crippen molar-refractivity contribution >= 4 is 63.5 Å². The van der Waals surface area contributed by atoms with Crippen LogP contribution in [-0.2, 0) is 16.0 Å². The Morgan fingerprint density at radius 2 is 1.76 bits per heavy atom. The molecule has 3 aromatic carbocycles. The Hall–Kier alpha value is -3.79. The predicted molar refractivity (Wildman–Crippen MR) is 154 cm³/mol. The van der Waals surface area contributed by atoms with Gasteiger partial charge in [-0.05, 0) is 53.6 Å². The molecule has 38 heavy (non-hydrogen) atoms. The summed E-state index contributed by atoms with van der Waals surface area (Å²) in [6.07, 6.45) is 2.37. The number of aromatic nitrogens is 2. The van der Waals surface area contributed by atoms with E-state index in [2.05, 4.69) is 15.5 Å². The zero-order chi connectivity index (χ0) is 26.5. The first-order chi connectivity index (χ1) is 18.4. The SMILES string of the molecule is O=C(CCN1C(=O)/C(=C/c2ccc(Cl)cc2)SC1=S)Nc1ccc(Cc2nnc(-c3ccccc3)o2)cc1. The fourth-order valence-electron chi connectivity index (χ4n) is 3.74. The number of hydrogen-bond acceptors (Lipinski definition) is 7. The lowest BCUT2D eigenvalue weighted by atomic mass is 10.1. The Labute approximate surface area is 233 Å². The van der Waals surface area contributed by atoms with Gasteiger partial charge < -0.3 is 9.73 Å². The fraction of sp³-hybridized carbons (Fsp3) is 0.107. The Kier molecular flexibility index (Phi) is 7.97. The summed E-state index contributed by atoms with van der Waals surface area (Å²) in [5.74, 6) is 0.571. The lowest BCUT2D eigenvalue weighted by Crippen LogP contribution is -2.31. The second kappa shape index (κ2) is 11.7. The number of halogens is 1. The molecule has 0 atom stereocenters. The second-order valence-corrected chi connectivity index (χ2v) is 10.5. The van der Waals surface area contributed by atoms with Crippen LogP contribution in [0.15, 0.2) is 88.2 Å². The number of carbonyl (C=O) groups excluding carboxylic acids is 2. The summed E-state index contributed by atoms with van der Waals surface area (Å²) in [4.78, 5) is 27.3. The number of rotatable bonds is 8. The molecule has 5 rings (SSSR count). The third-order valence-electron chi connectivity index (χ3n) is 5.68. The third kappa shape index (κ3) is 6.36. The van der Waals surface area contributed by atoms with Gasteiger partial charge in [0, 0.05) is 29.2 Å². The van der Waals surface area contributed by atoms with Crippen molar-refractivity contribution in [1.29, 1.82) is 0 Å². The minimum Gasteiger partial charge on any atom is -0.420 e. The van der Waals surface area contributed by atoms with E-state index < -0.39 is 0 Å². The van der Waals surface area contributed by atoms with Crippen molar-refractivity contribution in [2.75, 3.05) is 11.9 Å². The lowest BCUT2D eigenvalue weighted by molar-refractivity contribution is -0.122. The number of amides is 2. The third-order valence-corrected chi connectivity index (χ3v) is 7.31. The van der Waals surface area contributed by atoms with Crippen LogP contribution < -0.4 is 5.32 Å². The molecule has 1 aromatic heterocycles. The predicted octanol–water partition coefficient (Wildman–Crippen LogP) is 6.21. The van der Waals surface area contributed by atoms with Gasteiger partial charge in [0.15, 0.2) is 0 Å². The smallest absolute Gasteiger partial charge is 0.266 e. The van der Waals surface area contributed by atoms with Crippen molar-refractivity contribution in [3.8, 4) is 11.5 Å². The van der Waals surface area contributed by atoms with Gasteiger partial charge in [0.1, 0.15) is 4.32 Å². The van der Waals surface area contributed by atoms with Gasteiger partial charge in [0.25, 0.3) is 5.91 Å². The van der Waals surface area contributed by atoms with E-state index in [1.54, 1.807) is 18.2 Å². The number of anilines is 1.